The molecule has 1 aliphatic heterocycles. The van der Waals surface area contributed by atoms with Crippen LogP contribution in [-0.2, 0) is 4.79 Å². The second-order valence-corrected chi connectivity index (χ2v) is 6.33. The molecule has 10 heteroatoms. The van der Waals surface area contributed by atoms with Crippen LogP contribution in [0.1, 0.15) is 10.9 Å². The van der Waals surface area contributed by atoms with E-state index in [-0.39, 0.29) is 11.3 Å². The van der Waals surface area contributed by atoms with Crippen molar-refractivity contribution in [1.82, 2.24) is 10.4 Å². The number of hydrogen-bond acceptors (Lipinski definition) is 3. The van der Waals surface area contributed by atoms with Crippen LogP contribution < -0.4 is 10.7 Å². The molecule has 2 N–H and O–H groups in total. The van der Waals surface area contributed by atoms with Crippen molar-refractivity contribution < 1.29 is 27.2 Å². The quantitative estimate of drug-likeness (QED) is 0.606. The highest BCUT2D eigenvalue weighted by atomic mass is 32.2. The maximum Gasteiger partial charge on any atom is 0.338 e. The molecule has 1 atom stereocenters. The van der Waals surface area contributed by atoms with E-state index in [9.17, 15) is 27.2 Å². The second-order valence-electron chi connectivity index (χ2n) is 5.34. The third-order valence-corrected chi connectivity index (χ3v) is 4.56. The van der Waals surface area contributed by atoms with E-state index in [0.717, 1.165) is 41.0 Å². The molecule has 0 aromatic heterocycles. The van der Waals surface area contributed by atoms with Crippen LogP contribution in [0.3, 0.4) is 0 Å². The standard InChI is InChI=1S/C17H11F4N3O2S/c18-10-3-1-2-4-13(10)22-17(26)23-24-14(25)5-6-27-16(24)9-7-11(19)15(21)12(20)8-9/h1-8,16H,(H2,22,23,26). The van der Waals surface area contributed by atoms with Crippen LogP contribution in [0.2, 0.25) is 0 Å². The Kier molecular flexibility index (Phi) is 5.36. The minimum Gasteiger partial charge on any atom is -0.304 e. The Labute approximate surface area is 155 Å². The van der Waals surface area contributed by atoms with Crippen molar-refractivity contribution >= 4 is 29.4 Å². The van der Waals surface area contributed by atoms with Crippen LogP contribution in [-0.4, -0.2) is 16.9 Å². The molecular weight excluding hydrogens is 386 g/mol. The van der Waals surface area contributed by atoms with Crippen molar-refractivity contribution in [2.24, 2.45) is 0 Å². The lowest BCUT2D eigenvalue weighted by atomic mass is 10.2. The number of carbonyl (C=O) groups excluding carboxylic acids is 2. The average Bonchev–Trinajstić information content (AvgIpc) is 2.63. The number of anilines is 1. The highest BCUT2D eigenvalue weighted by Gasteiger charge is 2.30. The number of nitrogens with one attached hydrogen (secondary N) is 2. The van der Waals surface area contributed by atoms with Crippen molar-refractivity contribution in [1.29, 1.82) is 0 Å². The van der Waals surface area contributed by atoms with E-state index in [4.69, 9.17) is 0 Å². The summed E-state index contributed by atoms with van der Waals surface area (Å²) < 4.78 is 53.8. The van der Waals surface area contributed by atoms with Gasteiger partial charge in [0.15, 0.2) is 17.5 Å². The number of hydrogen-bond donors (Lipinski definition) is 2. The molecule has 0 saturated carbocycles. The molecule has 3 rings (SSSR count). The second kappa shape index (κ2) is 7.70. The summed E-state index contributed by atoms with van der Waals surface area (Å²) >= 11 is 0.955. The van der Waals surface area contributed by atoms with Crippen LogP contribution >= 0.6 is 11.8 Å². The Morgan fingerprint density at radius 2 is 1.70 bits per heavy atom. The average molecular weight is 397 g/mol. The first kappa shape index (κ1) is 18.8. The molecule has 0 radical (unpaired) electrons. The summed E-state index contributed by atoms with van der Waals surface area (Å²) in [5.74, 6) is -5.87. The molecule has 2 aromatic carbocycles. The predicted octanol–water partition coefficient (Wildman–Crippen LogP) is 4.07. The third kappa shape index (κ3) is 4.05. The zero-order chi connectivity index (χ0) is 19.6. The highest BCUT2D eigenvalue weighted by molar-refractivity contribution is 8.02. The molecule has 0 saturated heterocycles. The van der Waals surface area contributed by atoms with Gasteiger partial charge in [-0.15, -0.1) is 11.8 Å². The van der Waals surface area contributed by atoms with Gasteiger partial charge in [0.05, 0.1) is 5.69 Å². The van der Waals surface area contributed by atoms with Gasteiger partial charge in [-0.3, -0.25) is 4.79 Å². The van der Waals surface area contributed by atoms with E-state index in [0.29, 0.717) is 0 Å². The van der Waals surface area contributed by atoms with Crippen molar-refractivity contribution in [3.8, 4) is 0 Å². The van der Waals surface area contributed by atoms with Gasteiger partial charge in [0.25, 0.3) is 5.91 Å². The molecular formula is C17H11F4N3O2S. The fourth-order valence-electron chi connectivity index (χ4n) is 2.31. The molecule has 0 spiro atoms. The maximum absolute atomic E-state index is 13.6. The molecule has 3 amide bonds. The van der Waals surface area contributed by atoms with Gasteiger partial charge in [-0.2, -0.15) is 0 Å². The van der Waals surface area contributed by atoms with Crippen LogP contribution in [0.25, 0.3) is 0 Å². The molecule has 5 nitrogen and oxygen atoms in total. The van der Waals surface area contributed by atoms with Crippen molar-refractivity contribution in [2.45, 2.75) is 5.37 Å². The maximum atomic E-state index is 13.6. The van der Waals surface area contributed by atoms with Gasteiger partial charge < -0.3 is 5.32 Å². The Hall–Kier alpha value is -3.01. The predicted molar refractivity (Wildman–Crippen MR) is 91.2 cm³/mol. The minimum atomic E-state index is -1.64. The zero-order valence-corrected chi connectivity index (χ0v) is 14.2. The summed E-state index contributed by atoms with van der Waals surface area (Å²) in [7, 11) is 0. The summed E-state index contributed by atoms with van der Waals surface area (Å²) in [6.45, 7) is 0. The summed E-state index contributed by atoms with van der Waals surface area (Å²) in [4.78, 5) is 24.2. The van der Waals surface area contributed by atoms with E-state index in [2.05, 4.69) is 10.7 Å². The topological polar surface area (TPSA) is 61.4 Å². The minimum absolute atomic E-state index is 0.0831. The number of rotatable bonds is 3. The molecule has 27 heavy (non-hydrogen) atoms. The van der Waals surface area contributed by atoms with Crippen LogP contribution in [0.15, 0.2) is 47.9 Å². The molecule has 1 heterocycles. The molecule has 1 aliphatic rings. The number of urea groups is 1. The Morgan fingerprint density at radius 1 is 1.04 bits per heavy atom. The lowest BCUT2D eigenvalue weighted by molar-refractivity contribution is -0.129. The van der Waals surface area contributed by atoms with Gasteiger partial charge in [-0.25, -0.2) is 32.8 Å². The fraction of sp³-hybridized carbons (Fsp3) is 0.0588. The summed E-state index contributed by atoms with van der Waals surface area (Å²) in [6.07, 6.45) is 1.13. The van der Waals surface area contributed by atoms with Crippen molar-refractivity contribution in [2.75, 3.05) is 5.32 Å². The van der Waals surface area contributed by atoms with Crippen LogP contribution in [0, 0.1) is 23.3 Å². The SMILES string of the molecule is O=C(Nc1ccccc1F)NN1C(=O)C=CSC1c1cc(F)c(F)c(F)c1. The normalized spacial score (nSPS) is 16.4. The van der Waals surface area contributed by atoms with E-state index in [1.54, 1.807) is 0 Å². The number of para-hydroxylation sites is 1. The van der Waals surface area contributed by atoms with E-state index in [1.165, 1.54) is 23.6 Å². The molecule has 1 unspecified atom stereocenters. The monoisotopic (exact) mass is 397 g/mol. The zero-order valence-electron chi connectivity index (χ0n) is 13.4. The fourth-order valence-corrected chi connectivity index (χ4v) is 3.23. The van der Waals surface area contributed by atoms with Crippen molar-refractivity contribution in [3.63, 3.8) is 0 Å². The van der Waals surface area contributed by atoms with Gasteiger partial charge in [0.2, 0.25) is 0 Å². The van der Waals surface area contributed by atoms with Gasteiger partial charge >= 0.3 is 6.03 Å². The van der Waals surface area contributed by atoms with Gasteiger partial charge in [0.1, 0.15) is 11.2 Å². The Balaban J connectivity index is 1.83. The number of carbonyl (C=O) groups is 2. The number of nitrogens with zero attached hydrogens (tertiary/aromatic N) is 1. The number of thioether (sulfide) groups is 1. The third-order valence-electron chi connectivity index (χ3n) is 3.53. The number of amides is 3. The molecule has 2 aromatic rings. The molecule has 0 bridgehead atoms. The van der Waals surface area contributed by atoms with Gasteiger partial charge in [0, 0.05) is 6.08 Å². The first-order valence-corrected chi connectivity index (χ1v) is 8.43. The number of halogens is 4. The van der Waals surface area contributed by atoms with Crippen LogP contribution in [0.5, 0.6) is 0 Å². The van der Waals surface area contributed by atoms with E-state index < -0.39 is 40.6 Å². The largest absolute Gasteiger partial charge is 0.338 e. The summed E-state index contributed by atoms with van der Waals surface area (Å²) in [5, 5.41) is 3.34. The first-order chi connectivity index (χ1) is 12.9. The summed E-state index contributed by atoms with van der Waals surface area (Å²) in [6, 6.07) is 5.88. The Morgan fingerprint density at radius 3 is 2.37 bits per heavy atom. The molecule has 0 fully saturated rings. The number of benzene rings is 2. The molecule has 0 aliphatic carbocycles. The lowest BCUT2D eigenvalue weighted by Crippen LogP contribution is -2.49. The summed E-state index contributed by atoms with van der Waals surface area (Å²) in [5.41, 5.74) is 1.99. The smallest absolute Gasteiger partial charge is 0.304 e. The van der Waals surface area contributed by atoms with E-state index in [1.807, 2.05) is 0 Å². The number of hydrazine groups is 1. The highest BCUT2D eigenvalue weighted by Crippen LogP contribution is 2.36. The van der Waals surface area contributed by atoms with Crippen molar-refractivity contribution in [3.05, 3.63) is 76.7 Å². The van der Waals surface area contributed by atoms with Crippen LogP contribution in [0.4, 0.5) is 28.0 Å². The van der Waals surface area contributed by atoms with E-state index >= 15 is 0 Å². The molecule has 140 valence electrons. The first-order valence-electron chi connectivity index (χ1n) is 7.48. The Bertz CT molecular complexity index is 915. The lowest BCUT2D eigenvalue weighted by Gasteiger charge is -2.32. The van der Waals surface area contributed by atoms with Gasteiger partial charge in [-0.1, -0.05) is 12.1 Å². The van der Waals surface area contributed by atoms with Gasteiger partial charge in [-0.05, 0) is 35.2 Å².